The largest absolute Gasteiger partial charge is 0.310 e. The highest BCUT2D eigenvalue weighted by atomic mass is 32.1. The highest BCUT2D eigenvalue weighted by molar-refractivity contribution is 7.11. The monoisotopic (exact) mass is 294 g/mol. The predicted molar refractivity (Wildman–Crippen MR) is 88.5 cm³/mol. The van der Waals surface area contributed by atoms with Gasteiger partial charge in [0.25, 0.3) is 0 Å². The van der Waals surface area contributed by atoms with Crippen LogP contribution in [0.3, 0.4) is 0 Å². The zero-order valence-electron chi connectivity index (χ0n) is 13.5. The van der Waals surface area contributed by atoms with E-state index in [1.165, 1.54) is 47.7 Å². The molecule has 0 bridgehead atoms. The molecule has 0 aliphatic heterocycles. The molecule has 1 aromatic heterocycles. The Balaban J connectivity index is 2.08. The van der Waals surface area contributed by atoms with Gasteiger partial charge in [0.15, 0.2) is 0 Å². The second-order valence-electron chi connectivity index (χ2n) is 6.49. The summed E-state index contributed by atoms with van der Waals surface area (Å²) in [4.78, 5) is 6.49. The molecule has 0 spiro atoms. The van der Waals surface area contributed by atoms with Crippen LogP contribution >= 0.6 is 11.3 Å². The Morgan fingerprint density at radius 2 is 2.10 bits per heavy atom. The molecule has 1 aromatic rings. The topological polar surface area (TPSA) is 24.9 Å². The van der Waals surface area contributed by atoms with Crippen LogP contribution in [0.1, 0.15) is 81.3 Å². The highest BCUT2D eigenvalue weighted by Crippen LogP contribution is 2.41. The van der Waals surface area contributed by atoms with Gasteiger partial charge in [0, 0.05) is 23.4 Å². The number of aryl methyl sites for hydroxylation is 1. The molecule has 3 heteroatoms. The lowest BCUT2D eigenvalue weighted by atomic mass is 10.0. The first-order valence-electron chi connectivity index (χ1n) is 8.35. The maximum absolute atomic E-state index is 5.01. The molecule has 1 aliphatic carbocycles. The van der Waals surface area contributed by atoms with Gasteiger partial charge in [0.2, 0.25) is 0 Å². The Bertz CT molecular complexity index is 411. The van der Waals surface area contributed by atoms with Gasteiger partial charge in [-0.25, -0.2) is 4.98 Å². The second kappa shape index (κ2) is 7.56. The number of hydrogen-bond donors (Lipinski definition) is 1. The first-order valence-corrected chi connectivity index (χ1v) is 9.17. The lowest BCUT2D eigenvalue weighted by Gasteiger charge is -2.07. The van der Waals surface area contributed by atoms with E-state index in [2.05, 4.69) is 33.0 Å². The summed E-state index contributed by atoms with van der Waals surface area (Å²) in [6.45, 7) is 10.00. The number of thiazole rings is 1. The molecule has 2 unspecified atom stereocenters. The molecule has 20 heavy (non-hydrogen) atoms. The molecule has 1 fully saturated rings. The molecule has 2 atom stereocenters. The number of hydrogen-bond acceptors (Lipinski definition) is 3. The molecule has 0 aromatic carbocycles. The van der Waals surface area contributed by atoms with Crippen LogP contribution in [0.2, 0.25) is 0 Å². The first-order chi connectivity index (χ1) is 9.63. The number of nitrogens with zero attached hydrogens (tertiary/aromatic N) is 1. The third kappa shape index (κ3) is 4.05. The molecular weight excluding hydrogens is 264 g/mol. The molecule has 1 heterocycles. The summed E-state index contributed by atoms with van der Waals surface area (Å²) < 4.78 is 0. The van der Waals surface area contributed by atoms with Gasteiger partial charge in [-0.3, -0.25) is 0 Å². The summed E-state index contributed by atoms with van der Waals surface area (Å²) in [5.74, 6) is 1.68. The lowest BCUT2D eigenvalue weighted by Crippen LogP contribution is -2.21. The van der Waals surface area contributed by atoms with Gasteiger partial charge >= 0.3 is 0 Å². The van der Waals surface area contributed by atoms with E-state index in [0.717, 1.165) is 24.8 Å². The zero-order chi connectivity index (χ0) is 14.5. The fourth-order valence-corrected chi connectivity index (χ4v) is 4.33. The predicted octanol–water partition coefficient (Wildman–Crippen LogP) is 4.89. The summed E-state index contributed by atoms with van der Waals surface area (Å²) in [5.41, 5.74) is 1.36. The smallest absolute Gasteiger partial charge is 0.0962 e. The summed E-state index contributed by atoms with van der Waals surface area (Å²) in [6.07, 6.45) is 7.80. The number of aromatic nitrogens is 1. The van der Waals surface area contributed by atoms with Crippen molar-refractivity contribution < 1.29 is 0 Å². The van der Waals surface area contributed by atoms with Crippen molar-refractivity contribution in [1.82, 2.24) is 10.3 Å². The van der Waals surface area contributed by atoms with E-state index in [0.29, 0.717) is 6.04 Å². The number of rotatable bonds is 7. The molecule has 2 nitrogen and oxygen atoms in total. The Kier molecular flexibility index (Phi) is 6.03. The molecular formula is C17H30N2S. The van der Waals surface area contributed by atoms with Crippen molar-refractivity contribution in [1.29, 1.82) is 0 Å². The minimum Gasteiger partial charge on any atom is -0.310 e. The van der Waals surface area contributed by atoms with E-state index >= 15 is 0 Å². The average Bonchev–Trinajstić information content (AvgIpc) is 3.03. The third-order valence-electron chi connectivity index (χ3n) is 4.42. The van der Waals surface area contributed by atoms with Crippen LogP contribution in [-0.2, 0) is 13.0 Å². The van der Waals surface area contributed by atoms with Crippen LogP contribution in [-0.4, -0.2) is 11.0 Å². The fraction of sp³-hybridized carbons (Fsp3) is 0.824. The Morgan fingerprint density at radius 3 is 2.70 bits per heavy atom. The van der Waals surface area contributed by atoms with Crippen molar-refractivity contribution in [3.63, 3.8) is 0 Å². The van der Waals surface area contributed by atoms with Crippen molar-refractivity contribution in [2.75, 3.05) is 0 Å². The maximum atomic E-state index is 5.01. The van der Waals surface area contributed by atoms with Crippen molar-refractivity contribution in [2.24, 2.45) is 5.92 Å². The van der Waals surface area contributed by atoms with Gasteiger partial charge in [-0.15, -0.1) is 11.3 Å². The van der Waals surface area contributed by atoms with E-state index in [-0.39, 0.29) is 0 Å². The maximum Gasteiger partial charge on any atom is 0.0962 e. The number of nitrogens with one attached hydrogen (secondary N) is 1. The van der Waals surface area contributed by atoms with E-state index in [1.807, 2.05) is 11.3 Å². The standard InChI is InChI=1S/C17H30N2S/c1-5-7-15-16(11-18-12(3)4)20-17(19-15)14-9-8-13(6-2)10-14/h12-14,18H,5-11H2,1-4H3. The molecule has 1 N–H and O–H groups in total. The first kappa shape index (κ1) is 16.0. The van der Waals surface area contributed by atoms with Gasteiger partial charge in [-0.2, -0.15) is 0 Å². The van der Waals surface area contributed by atoms with E-state index in [4.69, 9.17) is 4.98 Å². The van der Waals surface area contributed by atoms with Gasteiger partial charge < -0.3 is 5.32 Å². The summed E-state index contributed by atoms with van der Waals surface area (Å²) in [6, 6.07) is 0.547. The third-order valence-corrected chi connectivity index (χ3v) is 5.68. The van der Waals surface area contributed by atoms with Gasteiger partial charge in [-0.1, -0.05) is 40.5 Å². The zero-order valence-corrected chi connectivity index (χ0v) is 14.4. The van der Waals surface area contributed by atoms with Gasteiger partial charge in [-0.05, 0) is 31.6 Å². The van der Waals surface area contributed by atoms with E-state index in [9.17, 15) is 0 Å². The average molecular weight is 295 g/mol. The summed E-state index contributed by atoms with van der Waals surface area (Å²) in [7, 11) is 0. The SMILES string of the molecule is CCCc1nc(C2CCC(CC)C2)sc1CNC(C)C. The van der Waals surface area contributed by atoms with Gasteiger partial charge in [0.1, 0.15) is 0 Å². The van der Waals surface area contributed by atoms with Crippen molar-refractivity contribution >= 4 is 11.3 Å². The van der Waals surface area contributed by atoms with Crippen molar-refractivity contribution in [3.05, 3.63) is 15.6 Å². The summed E-state index contributed by atoms with van der Waals surface area (Å²) in [5, 5.41) is 4.98. The van der Waals surface area contributed by atoms with Gasteiger partial charge in [0.05, 0.1) is 10.7 Å². The fourth-order valence-electron chi connectivity index (χ4n) is 3.12. The van der Waals surface area contributed by atoms with Crippen molar-refractivity contribution in [2.45, 2.75) is 84.7 Å². The lowest BCUT2D eigenvalue weighted by molar-refractivity contribution is 0.520. The van der Waals surface area contributed by atoms with Crippen LogP contribution in [0.5, 0.6) is 0 Å². The molecule has 114 valence electrons. The Labute approximate surface area is 128 Å². The van der Waals surface area contributed by atoms with Crippen LogP contribution in [0, 0.1) is 5.92 Å². The van der Waals surface area contributed by atoms with Crippen LogP contribution in [0.15, 0.2) is 0 Å². The molecule has 0 radical (unpaired) electrons. The Morgan fingerprint density at radius 1 is 1.30 bits per heavy atom. The minimum absolute atomic E-state index is 0.547. The van der Waals surface area contributed by atoms with E-state index < -0.39 is 0 Å². The molecule has 1 aliphatic rings. The van der Waals surface area contributed by atoms with E-state index in [1.54, 1.807) is 0 Å². The van der Waals surface area contributed by atoms with Crippen LogP contribution in [0.25, 0.3) is 0 Å². The highest BCUT2D eigenvalue weighted by Gasteiger charge is 2.27. The Hall–Kier alpha value is -0.410. The quantitative estimate of drug-likeness (QED) is 0.774. The van der Waals surface area contributed by atoms with Crippen molar-refractivity contribution in [3.8, 4) is 0 Å². The molecule has 0 amide bonds. The van der Waals surface area contributed by atoms with Crippen LogP contribution < -0.4 is 5.32 Å². The second-order valence-corrected chi connectivity index (χ2v) is 7.61. The molecule has 2 rings (SSSR count). The summed E-state index contributed by atoms with van der Waals surface area (Å²) >= 11 is 1.98. The normalized spacial score (nSPS) is 22.9. The minimum atomic E-state index is 0.547. The van der Waals surface area contributed by atoms with Crippen LogP contribution in [0.4, 0.5) is 0 Å². The molecule has 0 saturated heterocycles. The molecule has 1 saturated carbocycles.